The molecule has 8 rings (SSSR count). The zero-order valence-electron chi connectivity index (χ0n) is 28.0. The maximum Gasteiger partial charge on any atom is 0.494 e. The summed E-state index contributed by atoms with van der Waals surface area (Å²) in [4.78, 5) is 36.6. The van der Waals surface area contributed by atoms with Crippen molar-refractivity contribution in [2.75, 3.05) is 7.11 Å². The van der Waals surface area contributed by atoms with Crippen LogP contribution in [0.2, 0.25) is 0 Å². The van der Waals surface area contributed by atoms with Crippen LogP contribution in [0.1, 0.15) is 71.8 Å². The van der Waals surface area contributed by atoms with Gasteiger partial charge in [-0.25, -0.2) is 9.78 Å². The first-order valence-corrected chi connectivity index (χ1v) is 16.6. The van der Waals surface area contributed by atoms with E-state index < -0.39 is 30.5 Å². The Hall–Kier alpha value is -4.09. The summed E-state index contributed by atoms with van der Waals surface area (Å²) in [5.41, 5.74) is 5.21. The van der Waals surface area contributed by atoms with Crippen molar-refractivity contribution in [3.05, 3.63) is 53.9 Å². The van der Waals surface area contributed by atoms with Crippen molar-refractivity contribution in [2.45, 2.75) is 90.3 Å². The highest BCUT2D eigenvalue weighted by Gasteiger charge is 2.56. The van der Waals surface area contributed by atoms with E-state index in [1.165, 1.54) is 7.11 Å². The predicted octanol–water partition coefficient (Wildman–Crippen LogP) is 5.62. The van der Waals surface area contributed by atoms with Gasteiger partial charge in [0.05, 0.1) is 35.4 Å². The third-order valence-corrected chi connectivity index (χ3v) is 11.0. The summed E-state index contributed by atoms with van der Waals surface area (Å²) in [6.07, 6.45) is 1.23. The third kappa shape index (κ3) is 4.80. The molecule has 1 aromatic heterocycles. The van der Waals surface area contributed by atoms with Gasteiger partial charge in [-0.1, -0.05) is 38.1 Å². The minimum Gasteiger partial charge on any atom is -0.488 e. The van der Waals surface area contributed by atoms with E-state index in [1.807, 2.05) is 18.7 Å². The summed E-state index contributed by atoms with van der Waals surface area (Å²) < 4.78 is 23.8. The molecular formula is C36H41BN4O6. The molecule has 10 nitrogen and oxygen atoms in total. The first-order chi connectivity index (χ1) is 22.3. The van der Waals surface area contributed by atoms with Crippen LogP contribution in [0.25, 0.3) is 32.9 Å². The number of nitrogens with one attached hydrogen (secondary N) is 2. The Morgan fingerprint density at radius 2 is 1.81 bits per heavy atom. The monoisotopic (exact) mass is 636 g/mol. The minimum atomic E-state index is -0.672. The van der Waals surface area contributed by atoms with E-state index in [0.29, 0.717) is 12.5 Å². The summed E-state index contributed by atoms with van der Waals surface area (Å²) in [5, 5.41) is 4.81. The van der Waals surface area contributed by atoms with Crippen LogP contribution < -0.4 is 15.5 Å². The highest BCUT2D eigenvalue weighted by molar-refractivity contribution is 6.62. The van der Waals surface area contributed by atoms with E-state index in [2.05, 4.69) is 80.5 Å². The molecule has 11 heteroatoms. The van der Waals surface area contributed by atoms with E-state index in [0.717, 1.165) is 68.4 Å². The lowest BCUT2D eigenvalue weighted by molar-refractivity contribution is -0.136. The van der Waals surface area contributed by atoms with Gasteiger partial charge in [0, 0.05) is 17.0 Å². The van der Waals surface area contributed by atoms with Gasteiger partial charge >= 0.3 is 13.2 Å². The molecule has 2 N–H and O–H groups in total. The number of methoxy groups -OCH3 is 1. The summed E-state index contributed by atoms with van der Waals surface area (Å²) in [6.45, 7) is 12.6. The highest BCUT2D eigenvalue weighted by Crippen LogP contribution is 2.54. The van der Waals surface area contributed by atoms with Gasteiger partial charge < -0.3 is 34.0 Å². The molecule has 1 aliphatic carbocycles. The number of amides is 2. The molecule has 2 saturated heterocycles. The second kappa shape index (κ2) is 10.5. The average molecular weight is 637 g/mol. The van der Waals surface area contributed by atoms with Gasteiger partial charge in [0.25, 0.3) is 0 Å². The van der Waals surface area contributed by atoms with Gasteiger partial charge in [-0.05, 0) is 92.5 Å². The summed E-state index contributed by atoms with van der Waals surface area (Å²) in [7, 11) is 0.883. The van der Waals surface area contributed by atoms with Crippen LogP contribution in [0.4, 0.5) is 4.79 Å². The highest BCUT2D eigenvalue weighted by atomic mass is 16.7. The van der Waals surface area contributed by atoms with Gasteiger partial charge in [-0.3, -0.25) is 4.79 Å². The van der Waals surface area contributed by atoms with Crippen molar-refractivity contribution in [2.24, 2.45) is 11.8 Å². The van der Waals surface area contributed by atoms with Crippen LogP contribution in [0.15, 0.2) is 42.5 Å². The molecule has 2 amide bonds. The second-order valence-corrected chi connectivity index (χ2v) is 14.9. The smallest absolute Gasteiger partial charge is 0.488 e. The Bertz CT molecular complexity index is 1940. The molecule has 244 valence electrons. The number of fused-ring (bicyclic) bond motifs is 7. The number of carbonyl (C=O) groups excluding carboxylic acids is 2. The Balaban J connectivity index is 1.11. The van der Waals surface area contributed by atoms with E-state index in [9.17, 15) is 9.59 Å². The zero-order chi connectivity index (χ0) is 33.0. The number of hydrogen-bond donors (Lipinski definition) is 2. The first-order valence-electron chi connectivity index (χ1n) is 16.6. The Morgan fingerprint density at radius 1 is 1.04 bits per heavy atom. The van der Waals surface area contributed by atoms with Crippen molar-refractivity contribution in [3.8, 4) is 16.9 Å². The number of aromatic amines is 1. The Kier molecular flexibility index (Phi) is 6.73. The number of likely N-dealkylation sites (tertiary alicyclic amines) is 1. The standard InChI is InChI=1S/C36H41BN4O6/c1-18(2)30(40-34(43)44-7)33(42)41-27-14-20(27)15-28(41)32-38-26-11-8-19-13-25-23-10-9-22(37-46-35(3,4)36(5,6)47-37)12-21(23)17-45-29(25)16-24(19)31(26)39-32/h8-13,16,18,20,27-28,30H,14-15,17H2,1-7H3,(H,38,39)(H,40,43)/t20-,27-,28-,30-/m0/s1. The van der Waals surface area contributed by atoms with E-state index in [-0.39, 0.29) is 23.9 Å². The van der Waals surface area contributed by atoms with Crippen molar-refractivity contribution < 1.29 is 28.4 Å². The molecule has 4 atom stereocenters. The normalized spacial score (nSPS) is 24.1. The quantitative estimate of drug-likeness (QED) is 0.274. The topological polar surface area (TPSA) is 115 Å². The number of H-pyrrole nitrogens is 1. The maximum atomic E-state index is 13.9. The fraction of sp³-hybridized carbons (Fsp3) is 0.472. The third-order valence-electron chi connectivity index (χ3n) is 11.0. The molecule has 47 heavy (non-hydrogen) atoms. The largest absolute Gasteiger partial charge is 0.494 e. The van der Waals surface area contributed by atoms with Gasteiger partial charge in [-0.2, -0.15) is 0 Å². The SMILES string of the molecule is COC(=O)N[C@H](C(=O)N1[C@H](c2nc3c(ccc4cc5c(cc43)OCc3cc(B4OC(C)(C)C(C)(C)O4)ccc3-5)[nH]2)C[C@@H]2C[C@@H]21)C(C)C. The fourth-order valence-corrected chi connectivity index (χ4v) is 7.49. The number of imidazole rings is 1. The van der Waals surface area contributed by atoms with Gasteiger partial charge in [0.2, 0.25) is 5.91 Å². The molecule has 1 saturated carbocycles. The number of rotatable bonds is 5. The molecule has 0 spiro atoms. The van der Waals surface area contributed by atoms with Gasteiger partial charge in [-0.15, -0.1) is 0 Å². The maximum absolute atomic E-state index is 13.9. The van der Waals surface area contributed by atoms with Crippen molar-refractivity contribution in [3.63, 3.8) is 0 Å². The lowest BCUT2D eigenvalue weighted by Gasteiger charge is -2.32. The van der Waals surface area contributed by atoms with E-state index >= 15 is 0 Å². The number of alkyl carbamates (subject to hydrolysis) is 1. The lowest BCUT2D eigenvalue weighted by Crippen LogP contribution is -2.52. The molecule has 3 aliphatic heterocycles. The Labute approximate surface area is 274 Å². The van der Waals surface area contributed by atoms with Crippen molar-refractivity contribution >= 4 is 46.4 Å². The number of hydrogen-bond acceptors (Lipinski definition) is 7. The van der Waals surface area contributed by atoms with Crippen LogP contribution in [0.3, 0.4) is 0 Å². The van der Waals surface area contributed by atoms with E-state index in [1.54, 1.807) is 0 Å². The molecule has 0 unspecified atom stereocenters. The lowest BCUT2D eigenvalue weighted by atomic mass is 9.77. The minimum absolute atomic E-state index is 0.0894. The first kappa shape index (κ1) is 30.3. The number of aromatic nitrogens is 2. The van der Waals surface area contributed by atoms with Crippen LogP contribution in [-0.4, -0.2) is 64.4 Å². The number of ether oxygens (including phenoxy) is 2. The number of carbonyl (C=O) groups is 2. The van der Waals surface area contributed by atoms with E-state index in [4.69, 9.17) is 23.8 Å². The molecule has 0 radical (unpaired) electrons. The molecule has 4 aromatic rings. The molecule has 4 heterocycles. The average Bonchev–Trinajstić information content (AvgIpc) is 3.37. The van der Waals surface area contributed by atoms with Gasteiger partial charge in [0.15, 0.2) is 0 Å². The molecule has 3 aromatic carbocycles. The fourth-order valence-electron chi connectivity index (χ4n) is 7.49. The predicted molar refractivity (Wildman–Crippen MR) is 179 cm³/mol. The molecule has 3 fully saturated rings. The summed E-state index contributed by atoms with van der Waals surface area (Å²) in [5.74, 6) is 1.86. The second-order valence-electron chi connectivity index (χ2n) is 14.9. The number of piperidine rings is 1. The van der Waals surface area contributed by atoms with Crippen LogP contribution in [-0.2, 0) is 25.4 Å². The zero-order valence-corrected chi connectivity index (χ0v) is 28.0. The Morgan fingerprint density at radius 3 is 2.53 bits per heavy atom. The molecular weight excluding hydrogens is 595 g/mol. The molecule has 4 aliphatic rings. The summed E-state index contributed by atoms with van der Waals surface area (Å²) >= 11 is 0. The van der Waals surface area contributed by atoms with Crippen LogP contribution in [0.5, 0.6) is 5.75 Å². The number of benzene rings is 3. The summed E-state index contributed by atoms with van der Waals surface area (Å²) in [6, 6.07) is 14.1. The van der Waals surface area contributed by atoms with Gasteiger partial charge in [0.1, 0.15) is 24.2 Å². The molecule has 0 bridgehead atoms. The number of nitrogens with zero attached hydrogens (tertiary/aromatic N) is 2. The van der Waals surface area contributed by atoms with Crippen LogP contribution >= 0.6 is 0 Å². The van der Waals surface area contributed by atoms with Crippen LogP contribution in [0, 0.1) is 11.8 Å². The van der Waals surface area contributed by atoms with Crippen molar-refractivity contribution in [1.82, 2.24) is 20.2 Å². The van der Waals surface area contributed by atoms with Crippen molar-refractivity contribution in [1.29, 1.82) is 0 Å².